The van der Waals surface area contributed by atoms with Gasteiger partial charge in [0.05, 0.1) is 5.56 Å². The second-order valence-electron chi connectivity index (χ2n) is 3.52. The fourth-order valence-electron chi connectivity index (χ4n) is 1.49. The molecule has 0 aromatic carbocycles. The Bertz CT molecular complexity index is 329. The van der Waals surface area contributed by atoms with Gasteiger partial charge in [-0.3, -0.25) is 4.79 Å². The zero-order valence-electron chi connectivity index (χ0n) is 9.21. The van der Waals surface area contributed by atoms with Gasteiger partial charge in [-0.05, 0) is 38.6 Å². The molecule has 0 saturated heterocycles. The molecule has 0 aliphatic heterocycles. The van der Waals surface area contributed by atoms with Crippen molar-refractivity contribution < 1.29 is 4.79 Å². The predicted octanol–water partition coefficient (Wildman–Crippen LogP) is 1.15. The zero-order chi connectivity index (χ0) is 11.3. The SMILES string of the molecule is CNCCCC(=O)c1c(C)ccnc1N. The number of carbonyl (C=O) groups is 1. The topological polar surface area (TPSA) is 68.0 Å². The Labute approximate surface area is 89.9 Å². The third-order valence-electron chi connectivity index (χ3n) is 2.30. The molecule has 1 aromatic heterocycles. The Kier molecular flexibility index (Phi) is 4.24. The first-order chi connectivity index (χ1) is 7.16. The lowest BCUT2D eigenvalue weighted by atomic mass is 10.0. The molecule has 15 heavy (non-hydrogen) atoms. The molecule has 0 unspecified atom stereocenters. The fraction of sp³-hybridized carbons (Fsp3) is 0.455. The van der Waals surface area contributed by atoms with Crippen molar-refractivity contribution in [1.29, 1.82) is 0 Å². The number of nitrogen functional groups attached to an aromatic ring is 1. The summed E-state index contributed by atoms with van der Waals surface area (Å²) in [5, 5.41) is 3.00. The molecule has 0 spiro atoms. The number of rotatable bonds is 5. The number of nitrogens with one attached hydrogen (secondary N) is 1. The molecule has 0 bridgehead atoms. The Balaban J connectivity index is 2.73. The van der Waals surface area contributed by atoms with Crippen LogP contribution in [-0.4, -0.2) is 24.4 Å². The number of nitrogens with two attached hydrogens (primary N) is 1. The molecular formula is C11H17N3O. The standard InChI is InChI=1S/C11H17N3O/c1-8-5-7-14-11(12)10(8)9(15)4-3-6-13-2/h5,7,13H,3-4,6H2,1-2H3,(H2,12,14). The molecule has 1 heterocycles. The van der Waals surface area contributed by atoms with Gasteiger partial charge < -0.3 is 11.1 Å². The lowest BCUT2D eigenvalue weighted by Crippen LogP contribution is -2.12. The van der Waals surface area contributed by atoms with Crippen LogP contribution in [0.4, 0.5) is 5.82 Å². The van der Waals surface area contributed by atoms with Gasteiger partial charge in [0.1, 0.15) is 5.82 Å². The minimum absolute atomic E-state index is 0.0772. The summed E-state index contributed by atoms with van der Waals surface area (Å²) < 4.78 is 0. The number of nitrogens with zero attached hydrogens (tertiary/aromatic N) is 1. The molecule has 0 fully saturated rings. The van der Waals surface area contributed by atoms with E-state index in [0.29, 0.717) is 17.8 Å². The van der Waals surface area contributed by atoms with Gasteiger partial charge in [-0.1, -0.05) is 0 Å². The van der Waals surface area contributed by atoms with Crippen LogP contribution in [0.3, 0.4) is 0 Å². The van der Waals surface area contributed by atoms with Crippen LogP contribution < -0.4 is 11.1 Å². The van der Waals surface area contributed by atoms with E-state index < -0.39 is 0 Å². The largest absolute Gasteiger partial charge is 0.383 e. The van der Waals surface area contributed by atoms with Crippen LogP contribution in [0.2, 0.25) is 0 Å². The van der Waals surface area contributed by atoms with Gasteiger partial charge in [0.25, 0.3) is 0 Å². The molecule has 0 amide bonds. The maximum atomic E-state index is 11.8. The Morgan fingerprint density at radius 3 is 2.93 bits per heavy atom. The van der Waals surface area contributed by atoms with E-state index in [-0.39, 0.29) is 5.78 Å². The van der Waals surface area contributed by atoms with Gasteiger partial charge in [0, 0.05) is 12.6 Å². The van der Waals surface area contributed by atoms with E-state index in [1.165, 1.54) is 0 Å². The summed E-state index contributed by atoms with van der Waals surface area (Å²) in [6, 6.07) is 1.81. The van der Waals surface area contributed by atoms with Crippen LogP contribution in [0.5, 0.6) is 0 Å². The van der Waals surface area contributed by atoms with Crippen LogP contribution in [-0.2, 0) is 0 Å². The number of aromatic nitrogens is 1. The van der Waals surface area contributed by atoms with Crippen molar-refractivity contribution >= 4 is 11.6 Å². The highest BCUT2D eigenvalue weighted by Gasteiger charge is 2.12. The van der Waals surface area contributed by atoms with E-state index in [0.717, 1.165) is 18.5 Å². The van der Waals surface area contributed by atoms with E-state index in [1.807, 2.05) is 20.0 Å². The van der Waals surface area contributed by atoms with Gasteiger partial charge in [-0.25, -0.2) is 4.98 Å². The molecule has 82 valence electrons. The predicted molar refractivity (Wildman–Crippen MR) is 60.9 cm³/mol. The Morgan fingerprint density at radius 1 is 1.60 bits per heavy atom. The van der Waals surface area contributed by atoms with E-state index >= 15 is 0 Å². The van der Waals surface area contributed by atoms with E-state index in [2.05, 4.69) is 10.3 Å². The van der Waals surface area contributed by atoms with Crippen molar-refractivity contribution in [2.45, 2.75) is 19.8 Å². The van der Waals surface area contributed by atoms with E-state index in [9.17, 15) is 4.79 Å². The summed E-state index contributed by atoms with van der Waals surface area (Å²) in [5.74, 6) is 0.415. The molecule has 4 nitrogen and oxygen atoms in total. The average Bonchev–Trinajstić information content (AvgIpc) is 2.18. The summed E-state index contributed by atoms with van der Waals surface area (Å²) in [5.41, 5.74) is 7.16. The summed E-state index contributed by atoms with van der Waals surface area (Å²) in [6.07, 6.45) is 2.95. The number of hydrogen-bond acceptors (Lipinski definition) is 4. The highest BCUT2D eigenvalue weighted by Crippen LogP contribution is 2.16. The first-order valence-corrected chi connectivity index (χ1v) is 5.05. The second-order valence-corrected chi connectivity index (χ2v) is 3.52. The Hall–Kier alpha value is -1.42. The number of carbonyl (C=O) groups excluding carboxylic acids is 1. The third kappa shape index (κ3) is 3.02. The smallest absolute Gasteiger partial charge is 0.166 e. The van der Waals surface area contributed by atoms with Crippen LogP contribution in [0.15, 0.2) is 12.3 Å². The molecular weight excluding hydrogens is 190 g/mol. The Morgan fingerprint density at radius 2 is 2.33 bits per heavy atom. The van der Waals surface area contributed by atoms with E-state index in [4.69, 9.17) is 5.73 Å². The van der Waals surface area contributed by atoms with Crippen molar-refractivity contribution in [3.8, 4) is 0 Å². The lowest BCUT2D eigenvalue weighted by Gasteiger charge is -2.06. The molecule has 3 N–H and O–H groups in total. The highest BCUT2D eigenvalue weighted by molar-refractivity contribution is 6.01. The van der Waals surface area contributed by atoms with Gasteiger partial charge in [-0.15, -0.1) is 0 Å². The molecule has 1 aromatic rings. The summed E-state index contributed by atoms with van der Waals surface area (Å²) >= 11 is 0. The van der Waals surface area contributed by atoms with Gasteiger partial charge >= 0.3 is 0 Å². The van der Waals surface area contributed by atoms with Gasteiger partial charge in [-0.2, -0.15) is 0 Å². The monoisotopic (exact) mass is 207 g/mol. The minimum atomic E-state index is 0.0772. The second kappa shape index (κ2) is 5.46. The summed E-state index contributed by atoms with van der Waals surface area (Å²) in [6.45, 7) is 2.72. The highest BCUT2D eigenvalue weighted by atomic mass is 16.1. The summed E-state index contributed by atoms with van der Waals surface area (Å²) in [7, 11) is 1.87. The number of aryl methyl sites for hydroxylation is 1. The van der Waals surface area contributed by atoms with Crippen molar-refractivity contribution in [3.63, 3.8) is 0 Å². The minimum Gasteiger partial charge on any atom is -0.383 e. The first-order valence-electron chi connectivity index (χ1n) is 5.05. The van der Waals surface area contributed by atoms with Crippen molar-refractivity contribution in [2.75, 3.05) is 19.3 Å². The van der Waals surface area contributed by atoms with Gasteiger partial charge in [0.2, 0.25) is 0 Å². The fourth-order valence-corrected chi connectivity index (χ4v) is 1.49. The van der Waals surface area contributed by atoms with Crippen molar-refractivity contribution in [2.24, 2.45) is 0 Å². The van der Waals surface area contributed by atoms with Crippen LogP contribution in [0.1, 0.15) is 28.8 Å². The normalized spacial score (nSPS) is 10.3. The lowest BCUT2D eigenvalue weighted by molar-refractivity contribution is 0.0980. The average molecular weight is 207 g/mol. The third-order valence-corrected chi connectivity index (χ3v) is 2.30. The van der Waals surface area contributed by atoms with Crippen LogP contribution in [0.25, 0.3) is 0 Å². The molecule has 0 atom stereocenters. The molecule has 1 rings (SSSR count). The molecule has 0 aliphatic rings. The number of Topliss-reactive ketones (excluding diaryl/α,β-unsaturated/α-hetero) is 1. The first kappa shape index (κ1) is 11.7. The quantitative estimate of drug-likeness (QED) is 0.561. The molecule has 0 saturated carbocycles. The maximum absolute atomic E-state index is 11.8. The summed E-state index contributed by atoms with van der Waals surface area (Å²) in [4.78, 5) is 15.7. The van der Waals surface area contributed by atoms with Crippen molar-refractivity contribution in [3.05, 3.63) is 23.4 Å². The van der Waals surface area contributed by atoms with Gasteiger partial charge in [0.15, 0.2) is 5.78 Å². The molecule has 0 radical (unpaired) electrons. The number of anilines is 1. The number of ketones is 1. The van der Waals surface area contributed by atoms with Crippen LogP contribution in [0, 0.1) is 6.92 Å². The van der Waals surface area contributed by atoms with E-state index in [1.54, 1.807) is 6.20 Å². The number of hydrogen-bond donors (Lipinski definition) is 2. The van der Waals surface area contributed by atoms with Crippen LogP contribution >= 0.6 is 0 Å². The number of pyridine rings is 1. The maximum Gasteiger partial charge on any atom is 0.166 e. The molecule has 4 heteroatoms. The van der Waals surface area contributed by atoms with Crippen molar-refractivity contribution in [1.82, 2.24) is 10.3 Å². The zero-order valence-corrected chi connectivity index (χ0v) is 9.21. The molecule has 0 aliphatic carbocycles.